The molecule has 0 bridgehead atoms. The molecule has 2 N–H and O–H groups in total. The van der Waals surface area contributed by atoms with E-state index in [2.05, 4.69) is 5.32 Å². The summed E-state index contributed by atoms with van der Waals surface area (Å²) >= 11 is 0. The number of aliphatic hydroxyl groups is 1. The van der Waals surface area contributed by atoms with Gasteiger partial charge in [0, 0.05) is 18.5 Å². The van der Waals surface area contributed by atoms with Gasteiger partial charge in [0.05, 0.1) is 17.0 Å². The molecule has 1 aromatic rings. The lowest BCUT2D eigenvalue weighted by molar-refractivity contribution is -0.116. The summed E-state index contributed by atoms with van der Waals surface area (Å²) in [5.74, 6) is -1.18. The van der Waals surface area contributed by atoms with Crippen molar-refractivity contribution < 1.29 is 23.1 Å². The first-order chi connectivity index (χ1) is 10.1. The van der Waals surface area contributed by atoms with Crippen LogP contribution in [0.3, 0.4) is 0 Å². The Balaban J connectivity index is 2.24. The largest absolute Gasteiger partial charge is 0.389 e. The molecule has 0 unspecified atom stereocenters. The number of hydrogen-bond donors (Lipinski definition) is 2. The van der Waals surface area contributed by atoms with Crippen LogP contribution in [0.4, 0.5) is 5.69 Å². The van der Waals surface area contributed by atoms with Gasteiger partial charge in [0.1, 0.15) is 0 Å². The number of hydrogen-bond acceptors (Lipinski definition) is 5. The van der Waals surface area contributed by atoms with E-state index in [0.29, 0.717) is 0 Å². The predicted molar refractivity (Wildman–Crippen MR) is 81.0 cm³/mol. The molecule has 0 atom stereocenters. The molecule has 1 heterocycles. The number of anilines is 1. The van der Waals surface area contributed by atoms with Crippen molar-refractivity contribution in [1.29, 1.82) is 0 Å². The lowest BCUT2D eigenvalue weighted by Crippen LogP contribution is -2.38. The Morgan fingerprint density at radius 1 is 1.41 bits per heavy atom. The van der Waals surface area contributed by atoms with Crippen LogP contribution < -0.4 is 9.62 Å². The van der Waals surface area contributed by atoms with Crippen molar-refractivity contribution >= 4 is 27.5 Å². The summed E-state index contributed by atoms with van der Waals surface area (Å²) in [6, 6.07) is 5.83. The van der Waals surface area contributed by atoms with Crippen LogP contribution in [0.15, 0.2) is 24.3 Å². The normalized spacial score (nSPS) is 17.6. The smallest absolute Gasteiger partial charge is 0.251 e. The molecule has 120 valence electrons. The Morgan fingerprint density at radius 3 is 2.64 bits per heavy atom. The second-order valence-corrected chi connectivity index (χ2v) is 7.71. The van der Waals surface area contributed by atoms with E-state index in [-0.39, 0.29) is 30.0 Å². The zero-order chi connectivity index (χ0) is 16.5. The highest BCUT2D eigenvalue weighted by atomic mass is 32.2. The molecule has 1 aliphatic rings. The minimum atomic E-state index is -3.66. The van der Waals surface area contributed by atoms with Gasteiger partial charge in [-0.25, -0.2) is 12.7 Å². The molecule has 0 radical (unpaired) electrons. The first kappa shape index (κ1) is 16.4. The summed E-state index contributed by atoms with van der Waals surface area (Å²) in [6.07, 6.45) is -0.0581. The highest BCUT2D eigenvalue weighted by Crippen LogP contribution is 2.25. The summed E-state index contributed by atoms with van der Waals surface area (Å²) in [6.45, 7) is 3.16. The zero-order valence-corrected chi connectivity index (χ0v) is 13.2. The molecule has 0 aromatic heterocycles. The third kappa shape index (κ3) is 3.63. The second kappa shape index (κ2) is 5.69. The van der Waals surface area contributed by atoms with Crippen LogP contribution in [0.25, 0.3) is 0 Å². The third-order valence-corrected chi connectivity index (χ3v) is 4.79. The number of carbonyl (C=O) groups is 2. The van der Waals surface area contributed by atoms with E-state index in [1.807, 2.05) is 0 Å². The van der Waals surface area contributed by atoms with Gasteiger partial charge in [-0.05, 0) is 32.0 Å². The molecule has 8 heteroatoms. The minimum Gasteiger partial charge on any atom is -0.389 e. The van der Waals surface area contributed by atoms with Crippen LogP contribution in [0.2, 0.25) is 0 Å². The topological polar surface area (TPSA) is 104 Å². The summed E-state index contributed by atoms with van der Waals surface area (Å²) in [7, 11) is -3.66. The molecule has 2 amide bonds. The average Bonchev–Trinajstić information content (AvgIpc) is 2.69. The molecule has 0 spiro atoms. The van der Waals surface area contributed by atoms with Crippen molar-refractivity contribution in [3.8, 4) is 0 Å². The zero-order valence-electron chi connectivity index (χ0n) is 12.4. The van der Waals surface area contributed by atoms with Gasteiger partial charge in [-0.3, -0.25) is 9.59 Å². The molecule has 1 aromatic carbocycles. The highest BCUT2D eigenvalue weighted by Gasteiger charge is 2.36. The molecule has 0 saturated carbocycles. The fraction of sp³-hybridized carbons (Fsp3) is 0.429. The van der Waals surface area contributed by atoms with Crippen LogP contribution >= 0.6 is 0 Å². The third-order valence-electron chi connectivity index (χ3n) is 3.10. The average molecular weight is 326 g/mol. The maximum atomic E-state index is 12.0. The standard InChI is InChI=1S/C14H18N2O5S/c1-14(2,19)9-15-13(18)10-4-3-5-11(8-10)16-12(17)6-7-22(16,20)21/h3-5,8,19H,6-7,9H2,1-2H3,(H,15,18). The first-order valence-electron chi connectivity index (χ1n) is 6.77. The van der Waals surface area contributed by atoms with Crippen LogP contribution in [0.1, 0.15) is 30.6 Å². The van der Waals surface area contributed by atoms with Crippen molar-refractivity contribution in [2.75, 3.05) is 16.6 Å². The minimum absolute atomic E-state index is 0.0526. The van der Waals surface area contributed by atoms with Crippen LogP contribution in [-0.2, 0) is 14.8 Å². The van der Waals surface area contributed by atoms with Crippen molar-refractivity contribution in [2.45, 2.75) is 25.9 Å². The van der Waals surface area contributed by atoms with Gasteiger partial charge in [0.25, 0.3) is 5.91 Å². The quantitative estimate of drug-likeness (QED) is 0.825. The van der Waals surface area contributed by atoms with E-state index in [0.717, 1.165) is 4.31 Å². The van der Waals surface area contributed by atoms with Crippen molar-refractivity contribution in [3.05, 3.63) is 29.8 Å². The highest BCUT2D eigenvalue weighted by molar-refractivity contribution is 7.94. The van der Waals surface area contributed by atoms with Gasteiger partial charge < -0.3 is 10.4 Å². The Labute approximate surface area is 129 Å². The lowest BCUT2D eigenvalue weighted by atomic mass is 10.1. The van der Waals surface area contributed by atoms with Gasteiger partial charge in [0.2, 0.25) is 15.9 Å². The Morgan fingerprint density at radius 2 is 2.09 bits per heavy atom. The van der Waals surface area contributed by atoms with Crippen molar-refractivity contribution in [2.24, 2.45) is 0 Å². The number of rotatable bonds is 4. The molecular formula is C14H18N2O5S. The predicted octanol–water partition coefficient (Wildman–Crippen LogP) is 0.254. The molecule has 1 saturated heterocycles. The van der Waals surface area contributed by atoms with Gasteiger partial charge in [-0.15, -0.1) is 0 Å². The molecule has 0 aliphatic carbocycles. The fourth-order valence-corrected chi connectivity index (χ4v) is 3.49. The van der Waals surface area contributed by atoms with E-state index in [9.17, 15) is 23.1 Å². The number of sulfonamides is 1. The van der Waals surface area contributed by atoms with Crippen LogP contribution in [-0.4, -0.2) is 43.2 Å². The number of nitrogens with zero attached hydrogens (tertiary/aromatic N) is 1. The SMILES string of the molecule is CC(C)(O)CNC(=O)c1cccc(N2C(=O)CCS2(=O)=O)c1. The maximum Gasteiger partial charge on any atom is 0.251 e. The van der Waals surface area contributed by atoms with Crippen molar-refractivity contribution in [3.63, 3.8) is 0 Å². The lowest BCUT2D eigenvalue weighted by Gasteiger charge is -2.18. The van der Waals surface area contributed by atoms with E-state index >= 15 is 0 Å². The summed E-state index contributed by atoms with van der Waals surface area (Å²) in [5, 5.41) is 12.1. The summed E-state index contributed by atoms with van der Waals surface area (Å²) in [5.41, 5.74) is -0.684. The Bertz CT molecular complexity index is 706. The fourth-order valence-electron chi connectivity index (χ4n) is 2.04. The van der Waals surface area contributed by atoms with Crippen LogP contribution in [0.5, 0.6) is 0 Å². The monoisotopic (exact) mass is 326 g/mol. The molecule has 1 aliphatic heterocycles. The van der Waals surface area contributed by atoms with E-state index in [1.54, 1.807) is 13.8 Å². The first-order valence-corrected chi connectivity index (χ1v) is 8.37. The van der Waals surface area contributed by atoms with E-state index in [4.69, 9.17) is 0 Å². The van der Waals surface area contributed by atoms with Gasteiger partial charge in [-0.1, -0.05) is 6.07 Å². The number of amides is 2. The number of benzene rings is 1. The van der Waals surface area contributed by atoms with Crippen molar-refractivity contribution in [1.82, 2.24) is 5.32 Å². The Hall–Kier alpha value is -1.93. The van der Waals surface area contributed by atoms with Gasteiger partial charge in [-0.2, -0.15) is 0 Å². The Kier molecular flexibility index (Phi) is 4.25. The van der Waals surface area contributed by atoms with E-state index < -0.39 is 27.4 Å². The second-order valence-electron chi connectivity index (χ2n) is 5.77. The van der Waals surface area contributed by atoms with Gasteiger partial charge in [0.15, 0.2) is 0 Å². The molecule has 1 fully saturated rings. The molecule has 22 heavy (non-hydrogen) atoms. The van der Waals surface area contributed by atoms with Crippen LogP contribution in [0, 0.1) is 0 Å². The van der Waals surface area contributed by atoms with E-state index in [1.165, 1.54) is 24.3 Å². The molecule has 2 rings (SSSR count). The summed E-state index contributed by atoms with van der Waals surface area (Å²) in [4.78, 5) is 23.8. The van der Waals surface area contributed by atoms with Gasteiger partial charge >= 0.3 is 0 Å². The number of carbonyl (C=O) groups excluding carboxylic acids is 2. The summed E-state index contributed by atoms with van der Waals surface area (Å²) < 4.78 is 24.5. The molecular weight excluding hydrogens is 308 g/mol. The maximum absolute atomic E-state index is 12.0. The molecule has 7 nitrogen and oxygen atoms in total. The number of nitrogens with one attached hydrogen (secondary N) is 1.